The van der Waals surface area contributed by atoms with Gasteiger partial charge in [-0.05, 0) is 44.9 Å². The van der Waals surface area contributed by atoms with Crippen LogP contribution in [0.4, 0.5) is 4.79 Å². The number of imide groups is 1. The predicted octanol–water partition coefficient (Wildman–Crippen LogP) is 2.54. The van der Waals surface area contributed by atoms with Crippen molar-refractivity contribution in [3.8, 4) is 11.8 Å². The Kier molecular flexibility index (Phi) is 4.89. The number of hydrogen-bond donors (Lipinski definition) is 1. The maximum absolute atomic E-state index is 12.6. The van der Waals surface area contributed by atoms with Crippen LogP contribution in [-0.2, 0) is 10.3 Å². The van der Waals surface area contributed by atoms with E-state index in [1.165, 1.54) is 4.90 Å². The topological polar surface area (TPSA) is 82.4 Å². The van der Waals surface area contributed by atoms with E-state index >= 15 is 0 Å². The van der Waals surface area contributed by atoms with Crippen LogP contribution < -0.4 is 10.1 Å². The summed E-state index contributed by atoms with van der Waals surface area (Å²) in [7, 11) is 0. The highest BCUT2D eigenvalue weighted by Gasteiger charge is 2.48. The van der Waals surface area contributed by atoms with E-state index in [4.69, 9.17) is 10.00 Å². The fourth-order valence-electron chi connectivity index (χ4n) is 2.55. The first-order valence-electron chi connectivity index (χ1n) is 7.66. The Balaban J connectivity index is 2.16. The van der Waals surface area contributed by atoms with Crippen LogP contribution in [0.5, 0.6) is 5.75 Å². The summed E-state index contributed by atoms with van der Waals surface area (Å²) in [6.07, 6.45) is 0.863. The van der Waals surface area contributed by atoms with Crippen molar-refractivity contribution in [1.29, 1.82) is 5.26 Å². The van der Waals surface area contributed by atoms with Gasteiger partial charge in [0.1, 0.15) is 11.3 Å². The smallest absolute Gasteiger partial charge is 0.325 e. The molecule has 0 bridgehead atoms. The van der Waals surface area contributed by atoms with Crippen molar-refractivity contribution in [3.05, 3.63) is 29.8 Å². The van der Waals surface area contributed by atoms with E-state index in [2.05, 4.69) is 5.32 Å². The second kappa shape index (κ2) is 6.69. The van der Waals surface area contributed by atoms with Gasteiger partial charge >= 0.3 is 6.03 Å². The van der Waals surface area contributed by atoms with Gasteiger partial charge in [-0.2, -0.15) is 5.26 Å². The van der Waals surface area contributed by atoms with Crippen LogP contribution in [0.3, 0.4) is 0 Å². The Labute approximate surface area is 136 Å². The molecule has 6 nitrogen and oxygen atoms in total. The second-order valence-electron chi connectivity index (χ2n) is 5.96. The molecule has 1 aliphatic heterocycles. The summed E-state index contributed by atoms with van der Waals surface area (Å²) < 4.78 is 5.59. The van der Waals surface area contributed by atoms with Crippen LogP contribution in [0.25, 0.3) is 0 Å². The minimum Gasteiger partial charge on any atom is -0.491 e. The fourth-order valence-corrected chi connectivity index (χ4v) is 2.55. The highest BCUT2D eigenvalue weighted by atomic mass is 16.5. The number of unbranched alkanes of at least 4 members (excludes halogenated alkanes) is 1. The molecule has 0 saturated carbocycles. The molecule has 1 unspecified atom stereocenters. The highest BCUT2D eigenvalue weighted by molar-refractivity contribution is 6.07. The number of urea groups is 1. The monoisotopic (exact) mass is 315 g/mol. The zero-order valence-electron chi connectivity index (χ0n) is 13.6. The quantitative estimate of drug-likeness (QED) is 0.646. The molecule has 0 spiro atoms. The molecular formula is C17H21N3O3. The number of nitrogens with one attached hydrogen (secondary N) is 1. The van der Waals surface area contributed by atoms with Gasteiger partial charge < -0.3 is 10.1 Å². The van der Waals surface area contributed by atoms with E-state index in [9.17, 15) is 9.59 Å². The molecule has 0 aromatic heterocycles. The van der Waals surface area contributed by atoms with Crippen molar-refractivity contribution in [2.45, 2.75) is 45.3 Å². The third-order valence-electron chi connectivity index (χ3n) is 3.75. The molecule has 6 heteroatoms. The summed E-state index contributed by atoms with van der Waals surface area (Å²) in [5, 5.41) is 11.3. The molecule has 1 aromatic carbocycles. The Morgan fingerprint density at radius 3 is 2.52 bits per heavy atom. The van der Waals surface area contributed by atoms with E-state index in [-0.39, 0.29) is 18.6 Å². The molecule has 0 aliphatic carbocycles. The summed E-state index contributed by atoms with van der Waals surface area (Å²) >= 11 is 0. The lowest BCUT2D eigenvalue weighted by molar-refractivity contribution is -0.131. The molecule has 1 aromatic rings. The van der Waals surface area contributed by atoms with Crippen LogP contribution in [0.2, 0.25) is 0 Å². The molecular weight excluding hydrogens is 294 g/mol. The average Bonchev–Trinajstić information content (AvgIpc) is 2.71. The molecule has 1 aliphatic rings. The van der Waals surface area contributed by atoms with Crippen LogP contribution >= 0.6 is 0 Å². The van der Waals surface area contributed by atoms with Gasteiger partial charge in [0.25, 0.3) is 5.91 Å². The van der Waals surface area contributed by atoms with Crippen molar-refractivity contribution in [1.82, 2.24) is 10.2 Å². The van der Waals surface area contributed by atoms with E-state index in [0.717, 1.165) is 5.75 Å². The Morgan fingerprint density at radius 1 is 1.30 bits per heavy atom. The lowest BCUT2D eigenvalue weighted by atomic mass is 9.92. The van der Waals surface area contributed by atoms with Crippen LogP contribution in [0.1, 0.15) is 39.2 Å². The molecule has 1 N–H and O–H groups in total. The summed E-state index contributed by atoms with van der Waals surface area (Å²) in [6, 6.07) is 8.75. The lowest BCUT2D eigenvalue weighted by Gasteiger charge is -2.22. The number of rotatable bonds is 6. The first-order chi connectivity index (χ1) is 10.9. The number of carbonyl (C=O) groups is 2. The van der Waals surface area contributed by atoms with E-state index < -0.39 is 11.6 Å². The average molecular weight is 315 g/mol. The molecule has 1 saturated heterocycles. The van der Waals surface area contributed by atoms with Gasteiger partial charge in [0, 0.05) is 13.0 Å². The zero-order chi connectivity index (χ0) is 17.0. The minimum atomic E-state index is -1.08. The van der Waals surface area contributed by atoms with Gasteiger partial charge in [0.2, 0.25) is 0 Å². The summed E-state index contributed by atoms with van der Waals surface area (Å²) in [5.41, 5.74) is -0.380. The van der Waals surface area contributed by atoms with Gasteiger partial charge in [0.05, 0.1) is 12.2 Å². The van der Waals surface area contributed by atoms with Crippen LogP contribution in [0, 0.1) is 11.3 Å². The Hall–Kier alpha value is -2.55. The van der Waals surface area contributed by atoms with Gasteiger partial charge in [-0.3, -0.25) is 9.69 Å². The maximum Gasteiger partial charge on any atom is 0.325 e. The maximum atomic E-state index is 12.6. The standard InChI is InChI=1S/C17H21N3O3/c1-12(2)23-14-8-6-13(7-9-14)17(3)15(21)20(16(22)19-17)11-5-4-10-18/h6-9,12H,4-5,11H2,1-3H3,(H,19,22). The van der Waals surface area contributed by atoms with Crippen molar-refractivity contribution in [3.63, 3.8) is 0 Å². The SMILES string of the molecule is CC(C)Oc1ccc(C2(C)NC(=O)N(CCCC#N)C2=O)cc1. The molecule has 1 atom stereocenters. The molecule has 3 amide bonds. The Bertz CT molecular complexity index is 633. The van der Waals surface area contributed by atoms with Gasteiger partial charge in [0.15, 0.2) is 0 Å². The molecule has 23 heavy (non-hydrogen) atoms. The highest BCUT2D eigenvalue weighted by Crippen LogP contribution is 2.30. The Morgan fingerprint density at radius 2 is 1.96 bits per heavy atom. The van der Waals surface area contributed by atoms with Crippen LogP contribution in [-0.4, -0.2) is 29.5 Å². The lowest BCUT2D eigenvalue weighted by Crippen LogP contribution is -2.41. The van der Waals surface area contributed by atoms with Crippen LogP contribution in [0.15, 0.2) is 24.3 Å². The normalized spacial score (nSPS) is 20.6. The third kappa shape index (κ3) is 3.45. The fraction of sp³-hybridized carbons (Fsp3) is 0.471. The first kappa shape index (κ1) is 16.8. The number of amides is 3. The minimum absolute atomic E-state index is 0.0693. The number of nitrogens with zero attached hydrogens (tertiary/aromatic N) is 2. The van der Waals surface area contributed by atoms with Gasteiger partial charge in [-0.1, -0.05) is 12.1 Å². The molecule has 2 rings (SSSR count). The largest absolute Gasteiger partial charge is 0.491 e. The summed E-state index contributed by atoms with van der Waals surface area (Å²) in [4.78, 5) is 25.9. The van der Waals surface area contributed by atoms with E-state index in [1.807, 2.05) is 19.9 Å². The van der Waals surface area contributed by atoms with Crippen molar-refractivity contribution in [2.24, 2.45) is 0 Å². The molecule has 122 valence electrons. The first-order valence-corrected chi connectivity index (χ1v) is 7.66. The number of hydrogen-bond acceptors (Lipinski definition) is 4. The van der Waals surface area contributed by atoms with E-state index in [0.29, 0.717) is 18.4 Å². The molecule has 1 heterocycles. The van der Waals surface area contributed by atoms with E-state index in [1.54, 1.807) is 31.2 Å². The third-order valence-corrected chi connectivity index (χ3v) is 3.75. The summed E-state index contributed by atoms with van der Waals surface area (Å²) in [6.45, 7) is 5.82. The zero-order valence-corrected chi connectivity index (χ0v) is 13.6. The van der Waals surface area contributed by atoms with Crippen molar-refractivity contribution >= 4 is 11.9 Å². The number of carbonyl (C=O) groups excluding carboxylic acids is 2. The van der Waals surface area contributed by atoms with Gasteiger partial charge in [-0.15, -0.1) is 0 Å². The molecule has 1 fully saturated rings. The van der Waals surface area contributed by atoms with Crippen molar-refractivity contribution in [2.75, 3.05) is 6.54 Å². The second-order valence-corrected chi connectivity index (χ2v) is 5.96. The number of nitriles is 1. The number of benzene rings is 1. The molecule has 0 radical (unpaired) electrons. The summed E-state index contributed by atoms with van der Waals surface area (Å²) in [5.74, 6) is 0.424. The predicted molar refractivity (Wildman–Crippen MR) is 84.6 cm³/mol. The number of ether oxygens (including phenoxy) is 1. The van der Waals surface area contributed by atoms with Gasteiger partial charge in [-0.25, -0.2) is 4.79 Å². The van der Waals surface area contributed by atoms with Crippen molar-refractivity contribution < 1.29 is 14.3 Å².